The molecule has 0 saturated heterocycles. The summed E-state index contributed by atoms with van der Waals surface area (Å²) in [5.41, 5.74) is 0. The standard InChI is InChI=1S/C10H18S/c1-4-5-6-8-11-9-7-10(2)3/h1,10H,5-9H2,2-3H3. The molecule has 0 rings (SSSR count). The smallest absolute Gasteiger partial charge is 0.00939 e. The van der Waals surface area contributed by atoms with Crippen molar-refractivity contribution in [3.8, 4) is 12.3 Å². The van der Waals surface area contributed by atoms with E-state index in [2.05, 4.69) is 19.8 Å². The summed E-state index contributed by atoms with van der Waals surface area (Å²) in [5.74, 6) is 6.02. The van der Waals surface area contributed by atoms with Gasteiger partial charge in [0.2, 0.25) is 0 Å². The van der Waals surface area contributed by atoms with E-state index in [1.165, 1.54) is 24.3 Å². The summed E-state index contributed by atoms with van der Waals surface area (Å²) in [6.07, 6.45) is 8.59. The summed E-state index contributed by atoms with van der Waals surface area (Å²) in [6.45, 7) is 4.53. The monoisotopic (exact) mass is 170 g/mol. The van der Waals surface area contributed by atoms with E-state index in [-0.39, 0.29) is 0 Å². The van der Waals surface area contributed by atoms with Crippen LogP contribution in [0, 0.1) is 18.3 Å². The van der Waals surface area contributed by atoms with E-state index in [0.717, 1.165) is 12.3 Å². The largest absolute Gasteiger partial charge is 0.162 e. The van der Waals surface area contributed by atoms with Gasteiger partial charge in [0.25, 0.3) is 0 Å². The normalized spacial score (nSPS) is 10.0. The summed E-state index contributed by atoms with van der Waals surface area (Å²) in [5, 5.41) is 0. The number of rotatable bonds is 6. The molecule has 0 spiro atoms. The summed E-state index contributed by atoms with van der Waals surface area (Å²) < 4.78 is 0. The Hall–Kier alpha value is -0.0900. The molecule has 0 aromatic heterocycles. The molecule has 0 N–H and O–H groups in total. The Bertz CT molecular complexity index is 111. The maximum atomic E-state index is 5.13. The molecular formula is C10H18S. The van der Waals surface area contributed by atoms with Crippen LogP contribution in [0.4, 0.5) is 0 Å². The lowest BCUT2D eigenvalue weighted by molar-refractivity contribution is 0.632. The van der Waals surface area contributed by atoms with Gasteiger partial charge in [-0.3, -0.25) is 0 Å². The Morgan fingerprint density at radius 1 is 1.36 bits per heavy atom. The van der Waals surface area contributed by atoms with Crippen molar-refractivity contribution in [1.82, 2.24) is 0 Å². The van der Waals surface area contributed by atoms with Gasteiger partial charge in [-0.1, -0.05) is 13.8 Å². The van der Waals surface area contributed by atoms with Crippen LogP contribution in [0.3, 0.4) is 0 Å². The molecule has 0 aliphatic heterocycles. The zero-order valence-corrected chi connectivity index (χ0v) is 8.41. The lowest BCUT2D eigenvalue weighted by Crippen LogP contribution is -1.90. The first kappa shape index (κ1) is 10.9. The van der Waals surface area contributed by atoms with Crippen LogP contribution in [0.15, 0.2) is 0 Å². The highest BCUT2D eigenvalue weighted by molar-refractivity contribution is 7.99. The molecule has 0 aliphatic carbocycles. The Kier molecular flexibility index (Phi) is 7.95. The molecule has 0 amide bonds. The third kappa shape index (κ3) is 9.91. The van der Waals surface area contributed by atoms with Crippen molar-refractivity contribution >= 4 is 11.8 Å². The van der Waals surface area contributed by atoms with Gasteiger partial charge in [0.05, 0.1) is 0 Å². The van der Waals surface area contributed by atoms with E-state index in [9.17, 15) is 0 Å². The molecule has 0 fully saturated rings. The van der Waals surface area contributed by atoms with Gasteiger partial charge in [-0.05, 0) is 30.3 Å². The quantitative estimate of drug-likeness (QED) is 0.436. The Morgan fingerprint density at radius 3 is 2.64 bits per heavy atom. The van der Waals surface area contributed by atoms with Crippen LogP contribution in [-0.2, 0) is 0 Å². The van der Waals surface area contributed by atoms with Crippen LogP contribution < -0.4 is 0 Å². The van der Waals surface area contributed by atoms with Gasteiger partial charge in [0.15, 0.2) is 0 Å². The maximum absolute atomic E-state index is 5.13. The zero-order chi connectivity index (χ0) is 8.53. The van der Waals surface area contributed by atoms with Crippen LogP contribution in [0.2, 0.25) is 0 Å². The van der Waals surface area contributed by atoms with E-state index < -0.39 is 0 Å². The van der Waals surface area contributed by atoms with Gasteiger partial charge >= 0.3 is 0 Å². The summed E-state index contributed by atoms with van der Waals surface area (Å²) in [4.78, 5) is 0. The second kappa shape index (κ2) is 8.01. The first-order chi connectivity index (χ1) is 5.27. The van der Waals surface area contributed by atoms with Crippen molar-refractivity contribution in [3.63, 3.8) is 0 Å². The lowest BCUT2D eigenvalue weighted by Gasteiger charge is -2.02. The highest BCUT2D eigenvalue weighted by Crippen LogP contribution is 2.10. The van der Waals surface area contributed by atoms with Crippen LogP contribution >= 0.6 is 11.8 Å². The Morgan fingerprint density at radius 2 is 2.09 bits per heavy atom. The molecular weight excluding hydrogens is 152 g/mol. The van der Waals surface area contributed by atoms with Gasteiger partial charge in [-0.15, -0.1) is 12.3 Å². The number of terminal acetylenes is 1. The van der Waals surface area contributed by atoms with Gasteiger partial charge < -0.3 is 0 Å². The average molecular weight is 170 g/mol. The van der Waals surface area contributed by atoms with Crippen LogP contribution in [0.25, 0.3) is 0 Å². The lowest BCUT2D eigenvalue weighted by atomic mass is 10.2. The van der Waals surface area contributed by atoms with Crippen molar-refractivity contribution in [1.29, 1.82) is 0 Å². The van der Waals surface area contributed by atoms with Crippen molar-refractivity contribution in [3.05, 3.63) is 0 Å². The topological polar surface area (TPSA) is 0 Å². The van der Waals surface area contributed by atoms with Gasteiger partial charge in [-0.2, -0.15) is 11.8 Å². The molecule has 0 saturated carbocycles. The molecule has 0 nitrogen and oxygen atoms in total. The summed E-state index contributed by atoms with van der Waals surface area (Å²) in [6, 6.07) is 0. The second-order valence-corrected chi connectivity index (χ2v) is 4.33. The number of thioether (sulfide) groups is 1. The van der Waals surface area contributed by atoms with Crippen molar-refractivity contribution in [2.75, 3.05) is 11.5 Å². The minimum atomic E-state index is 0.843. The first-order valence-corrected chi connectivity index (χ1v) is 5.44. The van der Waals surface area contributed by atoms with Crippen molar-refractivity contribution in [2.45, 2.75) is 33.1 Å². The van der Waals surface area contributed by atoms with Crippen molar-refractivity contribution in [2.24, 2.45) is 5.92 Å². The molecule has 0 atom stereocenters. The summed E-state index contributed by atoms with van der Waals surface area (Å²) >= 11 is 2.03. The molecule has 0 bridgehead atoms. The molecule has 1 heteroatoms. The number of hydrogen-bond donors (Lipinski definition) is 0. The predicted octanol–water partition coefficient (Wildman–Crippen LogP) is 3.18. The van der Waals surface area contributed by atoms with E-state index in [1.807, 2.05) is 11.8 Å². The average Bonchev–Trinajstić information content (AvgIpc) is 1.96. The van der Waals surface area contributed by atoms with E-state index in [1.54, 1.807) is 0 Å². The van der Waals surface area contributed by atoms with Crippen LogP contribution in [-0.4, -0.2) is 11.5 Å². The van der Waals surface area contributed by atoms with Gasteiger partial charge in [0.1, 0.15) is 0 Å². The SMILES string of the molecule is C#CCCCSCCC(C)C. The zero-order valence-electron chi connectivity index (χ0n) is 7.60. The molecule has 0 aromatic rings. The third-order valence-electron chi connectivity index (χ3n) is 1.45. The maximum Gasteiger partial charge on any atom is 0.00939 e. The van der Waals surface area contributed by atoms with E-state index in [0.29, 0.717) is 0 Å². The highest BCUT2D eigenvalue weighted by Gasteiger charge is 1.93. The Balaban J connectivity index is 2.86. The van der Waals surface area contributed by atoms with Crippen LogP contribution in [0.1, 0.15) is 33.1 Å². The van der Waals surface area contributed by atoms with Gasteiger partial charge in [-0.25, -0.2) is 0 Å². The number of hydrogen-bond acceptors (Lipinski definition) is 1. The highest BCUT2D eigenvalue weighted by atomic mass is 32.2. The molecule has 11 heavy (non-hydrogen) atoms. The van der Waals surface area contributed by atoms with Crippen LogP contribution in [0.5, 0.6) is 0 Å². The van der Waals surface area contributed by atoms with Crippen molar-refractivity contribution < 1.29 is 0 Å². The second-order valence-electron chi connectivity index (χ2n) is 3.10. The fourth-order valence-electron chi connectivity index (χ4n) is 0.697. The fourth-order valence-corrected chi connectivity index (χ4v) is 1.89. The Labute approximate surface area is 75.1 Å². The molecule has 0 radical (unpaired) electrons. The minimum Gasteiger partial charge on any atom is -0.162 e. The van der Waals surface area contributed by atoms with Gasteiger partial charge in [0, 0.05) is 6.42 Å². The molecule has 64 valence electrons. The molecule has 0 aromatic carbocycles. The predicted molar refractivity (Wildman–Crippen MR) is 54.8 cm³/mol. The fraction of sp³-hybridized carbons (Fsp3) is 0.800. The third-order valence-corrected chi connectivity index (χ3v) is 2.55. The first-order valence-electron chi connectivity index (χ1n) is 4.28. The van der Waals surface area contributed by atoms with E-state index in [4.69, 9.17) is 6.42 Å². The molecule has 0 unspecified atom stereocenters. The molecule has 0 aliphatic rings. The molecule has 0 heterocycles. The number of unbranched alkanes of at least 4 members (excludes halogenated alkanes) is 1. The summed E-state index contributed by atoms with van der Waals surface area (Å²) in [7, 11) is 0. The minimum absolute atomic E-state index is 0.843. The van der Waals surface area contributed by atoms with E-state index >= 15 is 0 Å².